The summed E-state index contributed by atoms with van der Waals surface area (Å²) in [5.74, 6) is -0.878. The number of rotatable bonds is 10. The summed E-state index contributed by atoms with van der Waals surface area (Å²) in [4.78, 5) is 24.5. The van der Waals surface area contributed by atoms with Crippen LogP contribution in [0.3, 0.4) is 0 Å². The van der Waals surface area contributed by atoms with E-state index in [4.69, 9.17) is 16.3 Å². The van der Waals surface area contributed by atoms with Gasteiger partial charge in [0, 0.05) is 17.3 Å². The molecule has 0 saturated heterocycles. The Kier molecular flexibility index (Phi) is 9.03. The average molecular weight is 467 g/mol. The molecule has 2 aromatic carbocycles. The van der Waals surface area contributed by atoms with Gasteiger partial charge >= 0.3 is 5.97 Å². The Balaban J connectivity index is 1.86. The molecule has 7 nitrogen and oxygen atoms in total. The molecule has 0 heterocycles. The highest BCUT2D eigenvalue weighted by Gasteiger charge is 2.20. The molecule has 2 N–H and O–H groups in total. The van der Waals surface area contributed by atoms with Crippen LogP contribution in [0.15, 0.2) is 53.4 Å². The molecule has 2 unspecified atom stereocenters. The number of benzene rings is 2. The average Bonchev–Trinajstić information content (AvgIpc) is 2.73. The van der Waals surface area contributed by atoms with Crippen molar-refractivity contribution in [1.29, 1.82) is 0 Å². The minimum absolute atomic E-state index is 0.00101. The third kappa shape index (κ3) is 7.34. The number of carbonyl (C=O) groups is 2. The van der Waals surface area contributed by atoms with Crippen LogP contribution in [0.4, 0.5) is 5.69 Å². The van der Waals surface area contributed by atoms with Crippen molar-refractivity contribution in [3.63, 3.8) is 0 Å². The van der Waals surface area contributed by atoms with Crippen LogP contribution in [-0.4, -0.2) is 32.9 Å². The van der Waals surface area contributed by atoms with Crippen molar-refractivity contribution in [3.05, 3.63) is 59.1 Å². The molecular weight excluding hydrogens is 440 g/mol. The van der Waals surface area contributed by atoms with E-state index in [1.165, 1.54) is 25.1 Å². The van der Waals surface area contributed by atoms with Crippen LogP contribution in [0, 0.1) is 0 Å². The van der Waals surface area contributed by atoms with Gasteiger partial charge in [0.25, 0.3) is 5.91 Å². The summed E-state index contributed by atoms with van der Waals surface area (Å²) in [7, 11) is -3.80. The van der Waals surface area contributed by atoms with Gasteiger partial charge in [0.1, 0.15) is 0 Å². The van der Waals surface area contributed by atoms with Crippen LogP contribution in [-0.2, 0) is 24.3 Å². The number of sulfonamides is 1. The van der Waals surface area contributed by atoms with E-state index in [-0.39, 0.29) is 28.8 Å². The molecule has 0 aliphatic carbocycles. The van der Waals surface area contributed by atoms with Crippen molar-refractivity contribution >= 4 is 39.2 Å². The van der Waals surface area contributed by atoms with Crippen molar-refractivity contribution in [3.8, 4) is 0 Å². The van der Waals surface area contributed by atoms with Gasteiger partial charge in [-0.15, -0.1) is 0 Å². The summed E-state index contributed by atoms with van der Waals surface area (Å²) in [6, 6.07) is 13.3. The van der Waals surface area contributed by atoms with Crippen LogP contribution in [0.25, 0.3) is 0 Å². The molecule has 2 aromatic rings. The zero-order valence-electron chi connectivity index (χ0n) is 17.7. The number of anilines is 1. The van der Waals surface area contributed by atoms with Crippen LogP contribution >= 0.6 is 11.6 Å². The van der Waals surface area contributed by atoms with E-state index in [0.29, 0.717) is 5.69 Å². The Hall–Kier alpha value is -2.42. The van der Waals surface area contributed by atoms with E-state index in [2.05, 4.69) is 23.9 Å². The quantitative estimate of drug-likeness (QED) is 0.513. The topological polar surface area (TPSA) is 102 Å². The molecule has 0 fully saturated rings. The number of amides is 1. The van der Waals surface area contributed by atoms with Gasteiger partial charge in [0.15, 0.2) is 6.10 Å². The number of nitrogens with one attached hydrogen (secondary N) is 2. The molecule has 2 atom stereocenters. The number of hydrogen-bond donors (Lipinski definition) is 2. The number of hydrogen-bond acceptors (Lipinski definition) is 5. The first-order chi connectivity index (χ1) is 14.6. The first kappa shape index (κ1) is 24.8. The lowest BCUT2D eigenvalue weighted by Crippen LogP contribution is -2.32. The molecule has 0 aliphatic rings. The van der Waals surface area contributed by atoms with E-state index in [1.807, 2.05) is 18.2 Å². The summed E-state index contributed by atoms with van der Waals surface area (Å²) in [5, 5.41) is 3.09. The normalized spacial score (nSPS) is 13.3. The molecule has 2 rings (SSSR count). The lowest BCUT2D eigenvalue weighted by atomic mass is 9.97. The summed E-state index contributed by atoms with van der Waals surface area (Å²) in [5.41, 5.74) is 1.69. The minimum Gasteiger partial charge on any atom is -0.452 e. The minimum atomic E-state index is -3.80. The van der Waals surface area contributed by atoms with Crippen molar-refractivity contribution in [2.75, 3.05) is 11.9 Å². The Morgan fingerprint density at radius 2 is 1.81 bits per heavy atom. The van der Waals surface area contributed by atoms with Gasteiger partial charge in [-0.25, -0.2) is 13.1 Å². The fraction of sp³-hybridized carbons (Fsp3) is 0.364. The second-order valence-corrected chi connectivity index (χ2v) is 9.33. The number of carbonyl (C=O) groups excluding carboxylic acids is 2. The first-order valence-corrected chi connectivity index (χ1v) is 11.8. The largest absolute Gasteiger partial charge is 0.452 e. The van der Waals surface area contributed by atoms with E-state index in [9.17, 15) is 18.0 Å². The summed E-state index contributed by atoms with van der Waals surface area (Å²) < 4.78 is 31.9. The second-order valence-electron chi connectivity index (χ2n) is 7.12. The van der Waals surface area contributed by atoms with Crippen molar-refractivity contribution in [2.45, 2.75) is 50.5 Å². The van der Waals surface area contributed by atoms with Gasteiger partial charge in [0.05, 0.1) is 11.3 Å². The number of ether oxygens (including phenoxy) is 1. The molecule has 168 valence electrons. The fourth-order valence-electron chi connectivity index (χ4n) is 2.81. The Labute approximate surface area is 188 Å². The van der Waals surface area contributed by atoms with Crippen LogP contribution in [0.2, 0.25) is 5.02 Å². The lowest BCUT2D eigenvalue weighted by Gasteiger charge is -2.18. The number of para-hydroxylation sites is 1. The van der Waals surface area contributed by atoms with Crippen LogP contribution < -0.4 is 10.0 Å². The van der Waals surface area contributed by atoms with Gasteiger partial charge in [-0.05, 0) is 49.1 Å². The molecule has 9 heteroatoms. The second kappa shape index (κ2) is 11.3. The molecule has 0 bridgehead atoms. The molecule has 0 saturated carbocycles. The highest BCUT2D eigenvalue weighted by atomic mass is 35.5. The third-order valence-electron chi connectivity index (χ3n) is 4.77. The van der Waals surface area contributed by atoms with Gasteiger partial charge in [0.2, 0.25) is 10.0 Å². The van der Waals surface area contributed by atoms with Crippen molar-refractivity contribution in [1.82, 2.24) is 4.72 Å². The fourth-order valence-corrected chi connectivity index (χ4v) is 4.14. The third-order valence-corrected chi connectivity index (χ3v) is 6.46. The van der Waals surface area contributed by atoms with E-state index in [1.54, 1.807) is 12.1 Å². The molecule has 1 amide bonds. The smallest absolute Gasteiger partial charge is 0.307 e. The van der Waals surface area contributed by atoms with E-state index < -0.39 is 28.0 Å². The lowest BCUT2D eigenvalue weighted by molar-refractivity contribution is -0.152. The molecular formula is C22H27ClN2O5S. The highest BCUT2D eigenvalue weighted by molar-refractivity contribution is 7.89. The predicted octanol–water partition coefficient (Wildman–Crippen LogP) is 4.09. The Morgan fingerprint density at radius 3 is 2.48 bits per heavy atom. The molecule has 0 spiro atoms. The monoisotopic (exact) mass is 466 g/mol. The highest BCUT2D eigenvalue weighted by Crippen LogP contribution is 2.26. The Morgan fingerprint density at radius 1 is 1.10 bits per heavy atom. The maximum Gasteiger partial charge on any atom is 0.307 e. The summed E-state index contributed by atoms with van der Waals surface area (Å²) in [6.45, 7) is 5.43. The van der Waals surface area contributed by atoms with Gasteiger partial charge < -0.3 is 10.1 Å². The standard InChI is InChI=1S/C22H27ClN2O5S/c1-4-15(2)19-10-5-6-11-20(19)25-22(27)16(3)30-21(26)12-13-24-31(28,29)18-9-7-8-17(23)14-18/h5-11,14-16,24H,4,12-13H2,1-3H3,(H,25,27). The SMILES string of the molecule is CCC(C)c1ccccc1NC(=O)C(C)OC(=O)CCNS(=O)(=O)c1cccc(Cl)c1. The summed E-state index contributed by atoms with van der Waals surface area (Å²) >= 11 is 5.81. The zero-order valence-corrected chi connectivity index (χ0v) is 19.3. The predicted molar refractivity (Wildman–Crippen MR) is 121 cm³/mol. The van der Waals surface area contributed by atoms with E-state index in [0.717, 1.165) is 12.0 Å². The van der Waals surface area contributed by atoms with Crippen LogP contribution in [0.5, 0.6) is 0 Å². The zero-order chi connectivity index (χ0) is 23.0. The molecule has 0 aliphatic heterocycles. The van der Waals surface area contributed by atoms with Gasteiger partial charge in [-0.3, -0.25) is 9.59 Å². The molecule has 0 aromatic heterocycles. The summed E-state index contributed by atoms with van der Waals surface area (Å²) in [6.07, 6.45) is -0.328. The van der Waals surface area contributed by atoms with Crippen LogP contribution in [0.1, 0.15) is 45.1 Å². The number of halogens is 1. The van der Waals surface area contributed by atoms with Gasteiger partial charge in [-0.1, -0.05) is 49.7 Å². The number of esters is 1. The molecule has 0 radical (unpaired) electrons. The van der Waals surface area contributed by atoms with Crippen molar-refractivity contribution < 1.29 is 22.7 Å². The first-order valence-electron chi connectivity index (χ1n) is 9.98. The maximum absolute atomic E-state index is 12.4. The maximum atomic E-state index is 12.4. The van der Waals surface area contributed by atoms with Gasteiger partial charge in [-0.2, -0.15) is 0 Å². The van der Waals surface area contributed by atoms with E-state index >= 15 is 0 Å². The molecule has 31 heavy (non-hydrogen) atoms. The van der Waals surface area contributed by atoms with Crippen molar-refractivity contribution in [2.24, 2.45) is 0 Å². The Bertz CT molecular complexity index is 1030.